The molecule has 0 atom stereocenters. The first-order valence-corrected chi connectivity index (χ1v) is 10.7. The van der Waals surface area contributed by atoms with Crippen molar-refractivity contribution in [2.24, 2.45) is 0 Å². The van der Waals surface area contributed by atoms with E-state index in [4.69, 9.17) is 10.1 Å². The van der Waals surface area contributed by atoms with Gasteiger partial charge in [0.15, 0.2) is 5.78 Å². The third-order valence-electron chi connectivity index (χ3n) is 5.61. The number of benzene rings is 2. The van der Waals surface area contributed by atoms with E-state index in [9.17, 15) is 4.79 Å². The van der Waals surface area contributed by atoms with Crippen LogP contribution in [0.5, 0.6) is 0 Å². The van der Waals surface area contributed by atoms with Crippen molar-refractivity contribution in [3.05, 3.63) is 90.5 Å². The molecule has 0 aliphatic heterocycles. The van der Waals surface area contributed by atoms with E-state index in [2.05, 4.69) is 70.2 Å². The summed E-state index contributed by atoms with van der Waals surface area (Å²) in [7, 11) is 0. The number of aryl methyl sites for hydroxylation is 1. The average Bonchev–Trinajstić information content (AvgIpc) is 3.31. The number of hydrogen-bond donors (Lipinski definition) is 1. The first-order chi connectivity index (χ1) is 15.9. The number of carbonyl (C=O) groups excluding carboxylic acids is 1. The molecule has 0 aliphatic carbocycles. The van der Waals surface area contributed by atoms with Crippen molar-refractivity contribution in [2.45, 2.75) is 20.8 Å². The van der Waals surface area contributed by atoms with Crippen LogP contribution in [0.25, 0.3) is 49.5 Å². The summed E-state index contributed by atoms with van der Waals surface area (Å²) in [6.45, 7) is 4.89. The Morgan fingerprint density at radius 3 is 2.32 bits per heavy atom. The van der Waals surface area contributed by atoms with E-state index in [0.717, 1.165) is 27.9 Å². The molecule has 0 aliphatic rings. The molecule has 4 heterocycles. The van der Waals surface area contributed by atoms with E-state index in [1.54, 1.807) is 0 Å². The molecule has 34 heavy (non-hydrogen) atoms. The van der Waals surface area contributed by atoms with Crippen LogP contribution in [0.2, 0.25) is 0 Å². The quantitative estimate of drug-likeness (QED) is 0.137. The number of allylic oxidation sites excluding steroid dienone is 2. The fourth-order valence-corrected chi connectivity index (χ4v) is 4.29. The Morgan fingerprint density at radius 2 is 1.68 bits per heavy atom. The molecule has 0 unspecified atom stereocenters. The Kier molecular flexibility index (Phi) is 6.47. The summed E-state index contributed by atoms with van der Waals surface area (Å²) in [6, 6.07) is 21.3. The van der Waals surface area contributed by atoms with Crippen LogP contribution >= 0.6 is 0 Å². The molecule has 6 heteroatoms. The van der Waals surface area contributed by atoms with Gasteiger partial charge in [0.05, 0.1) is 16.9 Å². The molecule has 6 aromatic rings. The summed E-state index contributed by atoms with van der Waals surface area (Å²) in [5, 5.41) is 13.3. The monoisotopic (exact) mass is 625 g/mol. The van der Waals surface area contributed by atoms with Gasteiger partial charge in [0.25, 0.3) is 0 Å². The molecule has 0 fully saturated rings. The van der Waals surface area contributed by atoms with E-state index in [1.807, 2.05) is 19.2 Å². The van der Waals surface area contributed by atoms with Crippen molar-refractivity contribution in [2.75, 3.05) is 0 Å². The van der Waals surface area contributed by atoms with Gasteiger partial charge in [-0.25, -0.2) is 0 Å². The van der Waals surface area contributed by atoms with Gasteiger partial charge in [-0.05, 0) is 49.7 Å². The standard InChI is InChI=1S/C23H14N3.C5H8O2.Ir/c1-14-9-10-20(24-12-14)15-11-19-18-7-4-6-17-16-5-2-3-8-21(16)26(22(17)18)23(19)25-13-15;1-4(6)3-5(2)7;/h2-12H,1H3;3,6H,1-2H3;/q-1;;/b;4-3-;. The number of carbonyl (C=O) groups is 1. The fourth-order valence-electron chi connectivity index (χ4n) is 4.29. The van der Waals surface area contributed by atoms with Gasteiger partial charge in [-0.2, -0.15) is 0 Å². The number of aliphatic hydroxyl groups excluding tert-OH is 1. The minimum absolute atomic E-state index is 0. The molecule has 171 valence electrons. The Balaban J connectivity index is 0.000000303. The topological polar surface area (TPSA) is 67.5 Å². The Hall–Kier alpha value is -3.60. The van der Waals surface area contributed by atoms with Crippen LogP contribution in [0, 0.1) is 13.1 Å². The summed E-state index contributed by atoms with van der Waals surface area (Å²) in [4.78, 5) is 19.3. The maximum atomic E-state index is 10.0. The summed E-state index contributed by atoms with van der Waals surface area (Å²) >= 11 is 0. The molecule has 0 saturated carbocycles. The van der Waals surface area contributed by atoms with Crippen LogP contribution < -0.4 is 0 Å². The molecule has 0 bridgehead atoms. The summed E-state index contributed by atoms with van der Waals surface area (Å²) in [5.74, 6) is -0.0625. The van der Waals surface area contributed by atoms with Gasteiger partial charge in [-0.15, -0.1) is 11.6 Å². The molecule has 0 amide bonds. The molecular weight excluding hydrogens is 603 g/mol. The van der Waals surface area contributed by atoms with E-state index in [1.165, 1.54) is 47.1 Å². The van der Waals surface area contributed by atoms with Gasteiger partial charge in [0, 0.05) is 48.7 Å². The number of pyridine rings is 2. The van der Waals surface area contributed by atoms with Crippen molar-refractivity contribution < 1.29 is 30.0 Å². The predicted octanol–water partition coefficient (Wildman–Crippen LogP) is 6.44. The smallest absolute Gasteiger partial charge is 0.155 e. The largest absolute Gasteiger partial charge is 0.512 e. The van der Waals surface area contributed by atoms with Crippen LogP contribution in [0.3, 0.4) is 0 Å². The average molecular weight is 625 g/mol. The van der Waals surface area contributed by atoms with Crippen molar-refractivity contribution in [1.82, 2.24) is 14.4 Å². The molecule has 1 N–H and O–H groups in total. The number of rotatable bonds is 2. The number of fused-ring (bicyclic) bond motifs is 6. The maximum Gasteiger partial charge on any atom is 0.155 e. The van der Waals surface area contributed by atoms with Crippen LogP contribution in [0.15, 0.2) is 78.7 Å². The molecule has 5 nitrogen and oxygen atoms in total. The number of hydrogen-bond acceptors (Lipinski definition) is 4. The van der Waals surface area contributed by atoms with Crippen molar-refractivity contribution in [3.63, 3.8) is 0 Å². The van der Waals surface area contributed by atoms with Crippen molar-refractivity contribution >= 4 is 44.0 Å². The number of nitrogens with zero attached hydrogens (tertiary/aromatic N) is 3. The normalized spacial score (nSPS) is 11.6. The zero-order chi connectivity index (χ0) is 23.1. The third kappa shape index (κ3) is 4.07. The second-order valence-electron chi connectivity index (χ2n) is 8.19. The van der Waals surface area contributed by atoms with Crippen LogP contribution in [-0.4, -0.2) is 25.3 Å². The number of para-hydroxylation sites is 2. The van der Waals surface area contributed by atoms with E-state index in [-0.39, 0.29) is 31.6 Å². The van der Waals surface area contributed by atoms with Crippen molar-refractivity contribution in [3.8, 4) is 11.3 Å². The summed E-state index contributed by atoms with van der Waals surface area (Å²) < 4.78 is 2.26. The fraction of sp³-hybridized carbons (Fsp3) is 0.107. The van der Waals surface area contributed by atoms with Crippen LogP contribution in [0.1, 0.15) is 19.4 Å². The van der Waals surface area contributed by atoms with Gasteiger partial charge in [0.1, 0.15) is 0 Å². The van der Waals surface area contributed by atoms with Gasteiger partial charge < -0.3 is 19.5 Å². The first kappa shape index (κ1) is 23.6. The van der Waals surface area contributed by atoms with Gasteiger partial charge in [-0.3, -0.25) is 4.79 Å². The van der Waals surface area contributed by atoms with E-state index in [0.29, 0.717) is 0 Å². The molecule has 0 saturated heterocycles. The number of ketones is 1. The SMILES string of the molecule is CC(=O)/C=C(/C)O.Cc1ccc(-c2[c-]nc3c(c2)c2cccc4c5ccccc5n3c42)nc1.[Ir]. The molecule has 4 aromatic heterocycles. The Morgan fingerprint density at radius 1 is 0.971 bits per heavy atom. The van der Waals surface area contributed by atoms with E-state index < -0.39 is 0 Å². The second-order valence-corrected chi connectivity index (χ2v) is 8.19. The predicted molar refractivity (Wildman–Crippen MR) is 133 cm³/mol. The Labute approximate surface area is 210 Å². The number of aliphatic hydroxyl groups is 1. The van der Waals surface area contributed by atoms with Crippen LogP contribution in [0.4, 0.5) is 0 Å². The Bertz CT molecular complexity index is 1660. The first-order valence-electron chi connectivity index (χ1n) is 10.7. The summed E-state index contributed by atoms with van der Waals surface area (Å²) in [5.41, 5.74) is 6.35. The maximum absolute atomic E-state index is 10.0. The van der Waals surface area contributed by atoms with Gasteiger partial charge >= 0.3 is 0 Å². The molecule has 6 rings (SSSR count). The number of aromatic nitrogens is 3. The third-order valence-corrected chi connectivity index (χ3v) is 5.61. The zero-order valence-corrected chi connectivity index (χ0v) is 21.4. The van der Waals surface area contributed by atoms with Gasteiger partial charge in [-0.1, -0.05) is 53.9 Å². The minimum Gasteiger partial charge on any atom is -0.512 e. The van der Waals surface area contributed by atoms with E-state index >= 15 is 0 Å². The van der Waals surface area contributed by atoms with Crippen LogP contribution in [-0.2, 0) is 24.9 Å². The minimum atomic E-state index is -0.125. The second kappa shape index (κ2) is 9.33. The zero-order valence-electron chi connectivity index (χ0n) is 19.0. The van der Waals surface area contributed by atoms with Crippen molar-refractivity contribution in [1.29, 1.82) is 0 Å². The van der Waals surface area contributed by atoms with Gasteiger partial charge in [0.2, 0.25) is 0 Å². The molecule has 0 spiro atoms. The molecular formula is C28H22IrN3O2-. The molecule has 1 radical (unpaired) electrons. The molecule has 2 aromatic carbocycles. The summed E-state index contributed by atoms with van der Waals surface area (Å²) in [6.07, 6.45) is 6.25.